The van der Waals surface area contributed by atoms with E-state index in [1.54, 1.807) is 25.2 Å². The lowest BCUT2D eigenvalue weighted by Gasteiger charge is -2.18. The van der Waals surface area contributed by atoms with Gasteiger partial charge in [0.05, 0.1) is 5.56 Å². The Bertz CT molecular complexity index is 875. The first-order valence-electron chi connectivity index (χ1n) is 8.75. The summed E-state index contributed by atoms with van der Waals surface area (Å²) < 4.78 is 11.0. The van der Waals surface area contributed by atoms with E-state index in [0.29, 0.717) is 40.8 Å². The Hall–Kier alpha value is -2.54. The summed E-state index contributed by atoms with van der Waals surface area (Å²) in [6.45, 7) is 0.977. The third-order valence-corrected chi connectivity index (χ3v) is 5.86. The highest BCUT2D eigenvalue weighted by Gasteiger charge is 2.26. The van der Waals surface area contributed by atoms with Crippen molar-refractivity contribution in [3.05, 3.63) is 39.8 Å². The number of anilines is 1. The van der Waals surface area contributed by atoms with Crippen molar-refractivity contribution >= 4 is 28.2 Å². The highest BCUT2D eigenvalue weighted by atomic mass is 32.1. The van der Waals surface area contributed by atoms with Crippen LogP contribution < -0.4 is 20.1 Å². The molecule has 1 aromatic heterocycles. The molecule has 2 heterocycles. The first-order valence-corrected chi connectivity index (χ1v) is 9.56. The highest BCUT2D eigenvalue weighted by Crippen LogP contribution is 2.38. The van der Waals surface area contributed by atoms with Gasteiger partial charge in [0, 0.05) is 17.5 Å². The Morgan fingerprint density at radius 2 is 1.81 bits per heavy atom. The van der Waals surface area contributed by atoms with Crippen molar-refractivity contribution in [2.24, 2.45) is 0 Å². The van der Waals surface area contributed by atoms with Crippen LogP contribution in [-0.4, -0.2) is 32.1 Å². The van der Waals surface area contributed by atoms with Crippen molar-refractivity contribution < 1.29 is 19.1 Å². The van der Waals surface area contributed by atoms with E-state index in [1.165, 1.54) is 16.2 Å². The Morgan fingerprint density at radius 3 is 2.62 bits per heavy atom. The molecule has 2 aromatic rings. The van der Waals surface area contributed by atoms with Gasteiger partial charge in [0.15, 0.2) is 11.5 Å². The number of fused-ring (bicyclic) bond motifs is 2. The van der Waals surface area contributed by atoms with Crippen LogP contribution >= 0.6 is 11.3 Å². The molecule has 0 spiro atoms. The van der Waals surface area contributed by atoms with E-state index in [2.05, 4.69) is 10.6 Å². The number of nitrogens with one attached hydrogen (secondary N) is 2. The monoisotopic (exact) mass is 372 g/mol. The van der Waals surface area contributed by atoms with Gasteiger partial charge in [-0.3, -0.25) is 9.59 Å². The second-order valence-electron chi connectivity index (χ2n) is 6.31. The Labute approximate surface area is 155 Å². The van der Waals surface area contributed by atoms with Crippen LogP contribution in [-0.2, 0) is 12.8 Å². The van der Waals surface area contributed by atoms with E-state index in [1.807, 2.05) is 0 Å². The summed E-state index contributed by atoms with van der Waals surface area (Å²) in [7, 11) is 1.61. The molecule has 0 atom stereocenters. The fourth-order valence-corrected chi connectivity index (χ4v) is 4.66. The first kappa shape index (κ1) is 16.9. The zero-order valence-corrected chi connectivity index (χ0v) is 15.3. The lowest BCUT2D eigenvalue weighted by atomic mass is 9.95. The zero-order valence-electron chi connectivity index (χ0n) is 14.5. The van der Waals surface area contributed by atoms with E-state index in [-0.39, 0.29) is 11.8 Å². The summed E-state index contributed by atoms with van der Waals surface area (Å²) in [6, 6.07) is 5.12. The van der Waals surface area contributed by atoms with Gasteiger partial charge in [-0.25, -0.2) is 0 Å². The van der Waals surface area contributed by atoms with Crippen LogP contribution in [0.4, 0.5) is 5.00 Å². The Morgan fingerprint density at radius 1 is 1.04 bits per heavy atom. The summed E-state index contributed by atoms with van der Waals surface area (Å²) in [6.07, 6.45) is 4.04. The third kappa shape index (κ3) is 3.03. The number of amides is 2. The minimum atomic E-state index is -0.259. The molecular weight excluding hydrogens is 352 g/mol. The molecule has 2 amide bonds. The van der Waals surface area contributed by atoms with Crippen LogP contribution in [0.25, 0.3) is 0 Å². The number of aryl methyl sites for hydroxylation is 1. The molecule has 0 saturated carbocycles. The van der Waals surface area contributed by atoms with Gasteiger partial charge in [-0.2, -0.15) is 0 Å². The molecule has 7 heteroatoms. The minimum Gasteiger partial charge on any atom is -0.486 e. The third-order valence-electron chi connectivity index (χ3n) is 4.66. The number of carbonyl (C=O) groups excluding carboxylic acids is 2. The molecule has 26 heavy (non-hydrogen) atoms. The number of benzene rings is 1. The molecule has 1 aromatic carbocycles. The van der Waals surface area contributed by atoms with Crippen LogP contribution in [0, 0.1) is 0 Å². The van der Waals surface area contributed by atoms with E-state index in [4.69, 9.17) is 9.47 Å². The molecule has 1 aliphatic heterocycles. The van der Waals surface area contributed by atoms with Crippen LogP contribution in [0.15, 0.2) is 18.2 Å². The van der Waals surface area contributed by atoms with Crippen molar-refractivity contribution in [2.45, 2.75) is 25.7 Å². The van der Waals surface area contributed by atoms with Gasteiger partial charge in [0.1, 0.15) is 18.2 Å². The zero-order chi connectivity index (χ0) is 18.1. The Kier molecular flexibility index (Phi) is 4.55. The number of hydrogen-bond acceptors (Lipinski definition) is 5. The van der Waals surface area contributed by atoms with Crippen LogP contribution in [0.1, 0.15) is 44.0 Å². The SMILES string of the molecule is CNC(=O)c1c(NC(=O)c2ccc3c(c2)OCCO3)sc2c1CCCC2. The van der Waals surface area contributed by atoms with Crippen molar-refractivity contribution in [1.82, 2.24) is 5.32 Å². The van der Waals surface area contributed by atoms with Crippen LogP contribution in [0.3, 0.4) is 0 Å². The standard InChI is InChI=1S/C19H20N2O4S/c1-20-18(23)16-12-4-2-3-5-15(12)26-19(16)21-17(22)11-6-7-13-14(10-11)25-9-8-24-13/h6-7,10H,2-5,8-9H2,1H3,(H,20,23)(H,21,22). The lowest BCUT2D eigenvalue weighted by Crippen LogP contribution is -2.22. The molecule has 0 fully saturated rings. The Balaban J connectivity index is 1.63. The molecule has 4 rings (SSSR count). The predicted molar refractivity (Wildman–Crippen MR) is 99.7 cm³/mol. The largest absolute Gasteiger partial charge is 0.486 e. The maximum Gasteiger partial charge on any atom is 0.256 e. The topological polar surface area (TPSA) is 76.7 Å². The van der Waals surface area contributed by atoms with E-state index in [9.17, 15) is 9.59 Å². The molecule has 6 nitrogen and oxygen atoms in total. The second-order valence-corrected chi connectivity index (χ2v) is 7.41. The van der Waals surface area contributed by atoms with Gasteiger partial charge < -0.3 is 20.1 Å². The number of carbonyl (C=O) groups is 2. The molecule has 0 unspecified atom stereocenters. The summed E-state index contributed by atoms with van der Waals surface area (Å²) in [5, 5.41) is 6.24. The quantitative estimate of drug-likeness (QED) is 0.868. The highest BCUT2D eigenvalue weighted by molar-refractivity contribution is 7.17. The molecule has 1 aliphatic carbocycles. The van der Waals surface area contributed by atoms with Crippen molar-refractivity contribution in [3.63, 3.8) is 0 Å². The van der Waals surface area contributed by atoms with E-state index >= 15 is 0 Å². The number of ether oxygens (including phenoxy) is 2. The maximum atomic E-state index is 12.7. The van der Waals surface area contributed by atoms with Crippen LogP contribution in [0.2, 0.25) is 0 Å². The van der Waals surface area contributed by atoms with Crippen LogP contribution in [0.5, 0.6) is 11.5 Å². The van der Waals surface area contributed by atoms with Gasteiger partial charge in [-0.1, -0.05) is 0 Å². The van der Waals surface area contributed by atoms with Gasteiger partial charge in [-0.05, 0) is 49.4 Å². The van der Waals surface area contributed by atoms with Gasteiger partial charge >= 0.3 is 0 Å². The molecule has 2 aliphatic rings. The molecule has 0 radical (unpaired) electrons. The summed E-state index contributed by atoms with van der Waals surface area (Å²) >= 11 is 1.51. The molecule has 0 saturated heterocycles. The normalized spacial score (nSPS) is 15.1. The average molecular weight is 372 g/mol. The van der Waals surface area contributed by atoms with Gasteiger partial charge in [0.2, 0.25) is 0 Å². The van der Waals surface area contributed by atoms with Gasteiger partial charge in [-0.15, -0.1) is 11.3 Å². The number of thiophene rings is 1. The fourth-order valence-electron chi connectivity index (χ4n) is 3.38. The molecule has 136 valence electrons. The minimum absolute atomic E-state index is 0.151. The summed E-state index contributed by atoms with van der Waals surface area (Å²) in [5.41, 5.74) is 2.17. The summed E-state index contributed by atoms with van der Waals surface area (Å²) in [5.74, 6) is 0.805. The van der Waals surface area contributed by atoms with Crippen molar-refractivity contribution in [1.29, 1.82) is 0 Å². The van der Waals surface area contributed by atoms with Gasteiger partial charge in [0.25, 0.3) is 11.8 Å². The fraction of sp³-hybridized carbons (Fsp3) is 0.368. The second kappa shape index (κ2) is 6.99. The smallest absolute Gasteiger partial charge is 0.256 e. The molecule has 0 bridgehead atoms. The molecular formula is C19H20N2O4S. The number of rotatable bonds is 3. The predicted octanol–water partition coefficient (Wildman–Crippen LogP) is 3.01. The maximum absolute atomic E-state index is 12.7. The molecule has 2 N–H and O–H groups in total. The number of hydrogen-bond donors (Lipinski definition) is 2. The van der Waals surface area contributed by atoms with E-state index < -0.39 is 0 Å². The average Bonchev–Trinajstić information content (AvgIpc) is 3.04. The van der Waals surface area contributed by atoms with E-state index in [0.717, 1.165) is 31.2 Å². The van der Waals surface area contributed by atoms with Crippen molar-refractivity contribution in [3.8, 4) is 11.5 Å². The first-order chi connectivity index (χ1) is 12.7. The summed E-state index contributed by atoms with van der Waals surface area (Å²) in [4.78, 5) is 26.3. The van der Waals surface area contributed by atoms with Crippen molar-refractivity contribution in [2.75, 3.05) is 25.6 Å². The lowest BCUT2D eigenvalue weighted by molar-refractivity contribution is 0.0963.